The Hall–Kier alpha value is -2.64. The van der Waals surface area contributed by atoms with Gasteiger partial charge < -0.3 is 0 Å². The van der Waals surface area contributed by atoms with Gasteiger partial charge in [0.05, 0.1) is 0 Å². The van der Waals surface area contributed by atoms with Crippen molar-refractivity contribution in [2.45, 2.75) is 38.5 Å². The van der Waals surface area contributed by atoms with Gasteiger partial charge in [0.1, 0.15) is 0 Å². The molecule has 7 rings (SSSR count). The summed E-state index contributed by atoms with van der Waals surface area (Å²) in [7, 11) is 0. The second-order valence-corrected chi connectivity index (χ2v) is 10.8. The van der Waals surface area contributed by atoms with E-state index in [9.17, 15) is 0 Å². The van der Waals surface area contributed by atoms with Gasteiger partial charge in [0.2, 0.25) is 0 Å². The molecule has 5 aromatic rings. The summed E-state index contributed by atoms with van der Waals surface area (Å²) >= 11 is 1.97. The van der Waals surface area contributed by atoms with Crippen LogP contribution in [0.15, 0.2) is 60.7 Å². The third kappa shape index (κ3) is 1.62. The Kier molecular flexibility index (Phi) is 2.64. The first-order valence-corrected chi connectivity index (χ1v) is 11.3. The van der Waals surface area contributed by atoms with E-state index in [1.807, 2.05) is 11.3 Å². The molecule has 0 amide bonds. The molecule has 0 aliphatic heterocycles. The number of hydrogen-bond acceptors (Lipinski definition) is 1. The Morgan fingerprint density at radius 1 is 0.586 bits per heavy atom. The largest absolute Gasteiger partial charge is 0.135 e. The molecule has 4 aromatic carbocycles. The van der Waals surface area contributed by atoms with Crippen LogP contribution in [0, 0.1) is 0 Å². The summed E-state index contributed by atoms with van der Waals surface area (Å²) in [4.78, 5) is 0. The fourth-order valence-electron chi connectivity index (χ4n) is 6.28. The monoisotopic (exact) mass is 390 g/mol. The quantitative estimate of drug-likeness (QED) is 0.250. The van der Waals surface area contributed by atoms with Gasteiger partial charge in [-0.25, -0.2) is 0 Å². The Labute approximate surface area is 174 Å². The van der Waals surface area contributed by atoms with Crippen LogP contribution in [-0.4, -0.2) is 0 Å². The maximum Gasteiger partial charge on any atom is 0.0437 e. The Morgan fingerprint density at radius 3 is 2.07 bits per heavy atom. The minimum Gasteiger partial charge on any atom is -0.135 e. The lowest BCUT2D eigenvalue weighted by Gasteiger charge is -2.35. The molecule has 1 aromatic heterocycles. The predicted molar refractivity (Wildman–Crippen MR) is 127 cm³/mol. The fraction of sp³-hybridized carbons (Fsp3) is 0.214. The van der Waals surface area contributed by atoms with Gasteiger partial charge in [-0.05, 0) is 44.8 Å². The van der Waals surface area contributed by atoms with Crippen LogP contribution in [0.3, 0.4) is 0 Å². The summed E-state index contributed by atoms with van der Waals surface area (Å²) in [6.07, 6.45) is 0. The van der Waals surface area contributed by atoms with E-state index in [4.69, 9.17) is 0 Å². The van der Waals surface area contributed by atoms with Gasteiger partial charge in [-0.2, -0.15) is 0 Å². The zero-order valence-corrected chi connectivity index (χ0v) is 18.0. The number of fused-ring (bicyclic) bond motifs is 5. The van der Waals surface area contributed by atoms with Crippen molar-refractivity contribution in [3.8, 4) is 11.1 Å². The van der Waals surface area contributed by atoms with Gasteiger partial charge in [-0.3, -0.25) is 0 Å². The van der Waals surface area contributed by atoms with Crippen LogP contribution < -0.4 is 0 Å². The average Bonchev–Trinajstić information content (AvgIpc) is 3.20. The van der Waals surface area contributed by atoms with Crippen molar-refractivity contribution in [1.82, 2.24) is 0 Å². The summed E-state index contributed by atoms with van der Waals surface area (Å²) < 4.78 is 2.86. The molecule has 0 atom stereocenters. The molecular formula is C28H22S. The molecular weight excluding hydrogens is 368 g/mol. The minimum atomic E-state index is 0.00446. The van der Waals surface area contributed by atoms with Crippen molar-refractivity contribution in [2.75, 3.05) is 0 Å². The maximum atomic E-state index is 2.43. The summed E-state index contributed by atoms with van der Waals surface area (Å²) in [5.41, 5.74) is 9.05. The van der Waals surface area contributed by atoms with Crippen molar-refractivity contribution in [1.29, 1.82) is 0 Å². The highest BCUT2D eigenvalue weighted by Crippen LogP contribution is 2.62. The van der Waals surface area contributed by atoms with E-state index in [2.05, 4.69) is 88.4 Å². The molecule has 0 radical (unpaired) electrons. The normalized spacial score (nSPS) is 17.5. The zero-order chi connectivity index (χ0) is 19.7. The minimum absolute atomic E-state index is 0.00446. The molecule has 2 aliphatic rings. The molecule has 2 aliphatic carbocycles. The van der Waals surface area contributed by atoms with Gasteiger partial charge in [-0.15, -0.1) is 11.3 Å². The molecule has 0 saturated heterocycles. The zero-order valence-electron chi connectivity index (χ0n) is 17.2. The summed E-state index contributed by atoms with van der Waals surface area (Å²) in [5.74, 6) is 0. The predicted octanol–water partition coefficient (Wildman–Crippen LogP) is 8.15. The fourth-order valence-corrected chi connectivity index (χ4v) is 7.52. The van der Waals surface area contributed by atoms with Crippen LogP contribution in [0.25, 0.3) is 42.1 Å². The van der Waals surface area contributed by atoms with Gasteiger partial charge in [-0.1, -0.05) is 82.3 Å². The van der Waals surface area contributed by atoms with Crippen LogP contribution in [0.5, 0.6) is 0 Å². The van der Waals surface area contributed by atoms with E-state index >= 15 is 0 Å². The summed E-state index contributed by atoms with van der Waals surface area (Å²) in [6, 6.07) is 23.0. The number of hydrogen-bond donors (Lipinski definition) is 0. The number of benzene rings is 4. The molecule has 0 nitrogen and oxygen atoms in total. The molecule has 29 heavy (non-hydrogen) atoms. The van der Waals surface area contributed by atoms with E-state index in [0.717, 1.165) is 0 Å². The van der Waals surface area contributed by atoms with Crippen LogP contribution >= 0.6 is 11.3 Å². The van der Waals surface area contributed by atoms with Crippen LogP contribution in [0.2, 0.25) is 0 Å². The molecule has 0 N–H and O–H groups in total. The standard InChI is InChI=1S/C28H22S/c1-27(2)17-11-7-10-16-21(17)24-23-18(27)12-8-13-19(23)28(3,4)25(24)22-15-9-5-6-14-20(15)29-26(16)22/h5-14H,1-4H3. The molecule has 0 spiro atoms. The highest BCUT2D eigenvalue weighted by atomic mass is 32.1. The van der Waals surface area contributed by atoms with Crippen LogP contribution in [0.4, 0.5) is 0 Å². The van der Waals surface area contributed by atoms with Crippen molar-refractivity contribution in [3.05, 3.63) is 82.9 Å². The Bertz CT molecular complexity index is 1540. The smallest absolute Gasteiger partial charge is 0.0437 e. The van der Waals surface area contributed by atoms with E-state index in [-0.39, 0.29) is 10.8 Å². The molecule has 140 valence electrons. The average molecular weight is 391 g/mol. The first-order valence-electron chi connectivity index (χ1n) is 10.5. The topological polar surface area (TPSA) is 0 Å². The lowest BCUT2D eigenvalue weighted by atomic mass is 9.68. The van der Waals surface area contributed by atoms with Crippen molar-refractivity contribution in [2.24, 2.45) is 0 Å². The molecule has 1 heteroatoms. The van der Waals surface area contributed by atoms with Crippen molar-refractivity contribution >= 4 is 42.3 Å². The van der Waals surface area contributed by atoms with E-state index < -0.39 is 0 Å². The van der Waals surface area contributed by atoms with Crippen molar-refractivity contribution in [3.63, 3.8) is 0 Å². The number of thiophene rings is 1. The Morgan fingerprint density at radius 2 is 1.24 bits per heavy atom. The molecule has 0 bridgehead atoms. The maximum absolute atomic E-state index is 2.43. The highest BCUT2D eigenvalue weighted by molar-refractivity contribution is 7.26. The number of rotatable bonds is 0. The molecule has 0 fully saturated rings. The first kappa shape index (κ1) is 16.2. The second kappa shape index (κ2) is 4.74. The van der Waals surface area contributed by atoms with Gasteiger partial charge >= 0.3 is 0 Å². The van der Waals surface area contributed by atoms with Gasteiger partial charge in [0, 0.05) is 36.4 Å². The van der Waals surface area contributed by atoms with Gasteiger partial charge in [0.25, 0.3) is 0 Å². The van der Waals surface area contributed by atoms with Crippen LogP contribution in [-0.2, 0) is 10.8 Å². The third-order valence-electron chi connectivity index (χ3n) is 7.61. The lowest BCUT2D eigenvalue weighted by molar-refractivity contribution is 0.640. The SMILES string of the molecule is CC1(C)c2cccc3c2-c2c(c4c5ccccc5sc4c4cccc1c24)C3(C)C. The summed E-state index contributed by atoms with van der Waals surface area (Å²) in [6.45, 7) is 9.67. The van der Waals surface area contributed by atoms with E-state index in [1.165, 1.54) is 58.8 Å². The summed E-state index contributed by atoms with van der Waals surface area (Å²) in [5, 5.41) is 5.83. The molecule has 0 unspecified atom stereocenters. The first-order chi connectivity index (χ1) is 13.9. The molecule has 0 saturated carbocycles. The van der Waals surface area contributed by atoms with Crippen LogP contribution in [0.1, 0.15) is 49.9 Å². The third-order valence-corrected chi connectivity index (χ3v) is 8.82. The van der Waals surface area contributed by atoms with Crippen molar-refractivity contribution < 1.29 is 0 Å². The Balaban J connectivity index is 1.91. The lowest BCUT2D eigenvalue weighted by Crippen LogP contribution is -2.23. The van der Waals surface area contributed by atoms with E-state index in [0.29, 0.717) is 0 Å². The second-order valence-electron chi connectivity index (χ2n) is 9.76. The molecule has 1 heterocycles. The van der Waals surface area contributed by atoms with Gasteiger partial charge in [0.15, 0.2) is 0 Å². The van der Waals surface area contributed by atoms with E-state index in [1.54, 1.807) is 5.56 Å². The highest BCUT2D eigenvalue weighted by Gasteiger charge is 2.46.